The van der Waals surface area contributed by atoms with E-state index in [0.717, 1.165) is 28.1 Å². The van der Waals surface area contributed by atoms with Crippen molar-refractivity contribution in [2.45, 2.75) is 0 Å². The topological polar surface area (TPSA) is 22.8 Å². The van der Waals surface area contributed by atoms with E-state index in [1.54, 1.807) is 0 Å². The first-order valence-electron chi connectivity index (χ1n) is 24.1. The minimum absolute atomic E-state index is 0.998. The van der Waals surface area contributed by atoms with E-state index >= 15 is 0 Å². The summed E-state index contributed by atoms with van der Waals surface area (Å²) in [6, 6.07) is 91.1. The highest BCUT2D eigenvalue weighted by atomic mass is 15.0. The van der Waals surface area contributed by atoms with Gasteiger partial charge >= 0.3 is 0 Å². The van der Waals surface area contributed by atoms with Gasteiger partial charge in [-0.05, 0) is 109 Å². The lowest BCUT2D eigenvalue weighted by Gasteiger charge is -2.16. The van der Waals surface area contributed by atoms with Crippen LogP contribution in [0.2, 0.25) is 0 Å². The molecule has 0 saturated carbocycles. The van der Waals surface area contributed by atoms with Gasteiger partial charge in [0.1, 0.15) is 0 Å². The number of fused-ring (bicyclic) bond motifs is 15. The molecular weight excluding hydrogens is 847 g/mol. The normalized spacial score (nSPS) is 12.0. The summed E-state index contributed by atoms with van der Waals surface area (Å²) in [6.45, 7) is 0. The van der Waals surface area contributed by atoms with Crippen molar-refractivity contribution in [3.63, 3.8) is 0 Å². The van der Waals surface area contributed by atoms with Crippen LogP contribution in [-0.4, -0.2) is 14.1 Å². The summed E-state index contributed by atoms with van der Waals surface area (Å²) in [7, 11) is 0. The van der Waals surface area contributed by atoms with E-state index in [1.165, 1.54) is 114 Å². The molecule has 0 radical (unpaired) electrons. The molecule has 12 aromatic carbocycles. The van der Waals surface area contributed by atoms with Crippen molar-refractivity contribution >= 4 is 97.6 Å². The van der Waals surface area contributed by atoms with Gasteiger partial charge in [0.2, 0.25) is 0 Å². The summed E-state index contributed by atoms with van der Waals surface area (Å²) in [6.07, 6.45) is 0. The van der Waals surface area contributed by atoms with Gasteiger partial charge in [-0.2, -0.15) is 0 Å². The third kappa shape index (κ3) is 5.73. The Morgan fingerprint density at radius 3 is 1.29 bits per heavy atom. The summed E-state index contributed by atoms with van der Waals surface area (Å²) in [4.78, 5) is 5.45. The summed E-state index contributed by atoms with van der Waals surface area (Å²) < 4.78 is 4.86. The van der Waals surface area contributed by atoms with Crippen molar-refractivity contribution in [1.82, 2.24) is 14.1 Å². The summed E-state index contributed by atoms with van der Waals surface area (Å²) in [5.41, 5.74) is 14.9. The molecule has 0 spiro atoms. The molecular formula is C67H41N3. The molecule has 324 valence electrons. The lowest BCUT2D eigenvalue weighted by molar-refractivity contribution is 1.18. The van der Waals surface area contributed by atoms with Gasteiger partial charge in [-0.3, -0.25) is 0 Å². The molecule has 3 aromatic heterocycles. The van der Waals surface area contributed by atoms with Crippen LogP contribution in [0.25, 0.3) is 142 Å². The van der Waals surface area contributed by atoms with E-state index in [9.17, 15) is 0 Å². The van der Waals surface area contributed by atoms with Crippen LogP contribution in [0.5, 0.6) is 0 Å². The molecule has 0 N–H and O–H groups in total. The molecule has 70 heavy (non-hydrogen) atoms. The van der Waals surface area contributed by atoms with Crippen molar-refractivity contribution in [2.75, 3.05) is 0 Å². The van der Waals surface area contributed by atoms with Crippen LogP contribution in [0.1, 0.15) is 0 Å². The number of nitrogens with zero attached hydrogens (tertiary/aromatic N) is 3. The zero-order valence-corrected chi connectivity index (χ0v) is 38.0. The third-order valence-electron chi connectivity index (χ3n) is 14.9. The second kappa shape index (κ2) is 15.1. The number of hydrogen-bond acceptors (Lipinski definition) is 1. The quantitative estimate of drug-likeness (QED) is 0.158. The SMILES string of the molecule is c1ccc2c(-c3ccc(-n4c5ccccc5c5ccc(-c6ccc7c8ccccc8n(-c8ccc(-c9nc%10ccccc%10c%10c%11ccccc%11c%11ccccc%11c9%10)cc8)c7c6)cc54)cc3)cccc2c1. The lowest BCUT2D eigenvalue weighted by Crippen LogP contribution is -1.96. The average molecular weight is 888 g/mol. The Labute approximate surface area is 403 Å². The second-order valence-electron chi connectivity index (χ2n) is 18.6. The zero-order valence-electron chi connectivity index (χ0n) is 38.0. The molecule has 0 aliphatic rings. The standard InChI is InChI=1S/C67H41N3/c1-2-16-49-42(14-1)15-13-24-50(49)43-28-34-47(35-29-43)69-61-26-11-8-19-53(61)55-38-32-45(40-63(55)69)46-33-39-56-54-20-9-12-27-62(54)70(64(56)41-46)48-36-30-44(31-37-48)67-66-58-22-6-4-18-52(58)51-17-3-5-21-57(51)65(66)59-23-7-10-25-60(59)68-67/h1-41H. The van der Waals surface area contributed by atoms with E-state index < -0.39 is 0 Å². The van der Waals surface area contributed by atoms with Crippen molar-refractivity contribution < 1.29 is 0 Å². The highest BCUT2D eigenvalue weighted by Crippen LogP contribution is 2.44. The van der Waals surface area contributed by atoms with Gasteiger partial charge in [0.05, 0.1) is 33.3 Å². The van der Waals surface area contributed by atoms with Crippen LogP contribution >= 0.6 is 0 Å². The Kier molecular flexibility index (Phi) is 8.36. The van der Waals surface area contributed by atoms with Crippen LogP contribution in [-0.2, 0) is 0 Å². The van der Waals surface area contributed by atoms with E-state index in [4.69, 9.17) is 4.98 Å². The number of aromatic nitrogens is 3. The first kappa shape index (κ1) is 38.8. The number of para-hydroxylation sites is 3. The van der Waals surface area contributed by atoms with Crippen LogP contribution in [0.3, 0.4) is 0 Å². The van der Waals surface area contributed by atoms with Gasteiger partial charge in [-0.1, -0.05) is 194 Å². The molecule has 3 nitrogen and oxygen atoms in total. The third-order valence-corrected chi connectivity index (χ3v) is 14.9. The molecule has 3 heteroatoms. The van der Waals surface area contributed by atoms with Gasteiger partial charge < -0.3 is 9.13 Å². The molecule has 0 amide bonds. The molecule has 0 atom stereocenters. The van der Waals surface area contributed by atoms with Crippen LogP contribution in [0, 0.1) is 0 Å². The minimum Gasteiger partial charge on any atom is -0.309 e. The smallest absolute Gasteiger partial charge is 0.0794 e. The molecule has 0 bridgehead atoms. The lowest BCUT2D eigenvalue weighted by atomic mass is 9.90. The largest absolute Gasteiger partial charge is 0.309 e. The van der Waals surface area contributed by atoms with Crippen molar-refractivity contribution in [3.05, 3.63) is 249 Å². The Hall–Kier alpha value is -9.31. The summed E-state index contributed by atoms with van der Waals surface area (Å²) >= 11 is 0. The number of hydrogen-bond donors (Lipinski definition) is 0. The van der Waals surface area contributed by atoms with E-state index in [0.29, 0.717) is 0 Å². The predicted octanol–water partition coefficient (Wildman–Crippen LogP) is 18.0. The molecule has 15 aromatic rings. The first-order chi connectivity index (χ1) is 34.7. The zero-order chi connectivity index (χ0) is 45.9. The van der Waals surface area contributed by atoms with E-state index in [2.05, 4.69) is 258 Å². The van der Waals surface area contributed by atoms with Crippen molar-refractivity contribution in [1.29, 1.82) is 0 Å². The molecule has 0 aliphatic heterocycles. The van der Waals surface area contributed by atoms with Gasteiger partial charge in [-0.15, -0.1) is 0 Å². The summed E-state index contributed by atoms with van der Waals surface area (Å²) in [5, 5.41) is 16.1. The molecule has 15 rings (SSSR count). The number of pyridine rings is 1. The maximum atomic E-state index is 5.45. The molecule has 0 aliphatic carbocycles. The molecule has 3 heterocycles. The fourth-order valence-electron chi connectivity index (χ4n) is 11.7. The predicted molar refractivity (Wildman–Crippen MR) is 297 cm³/mol. The molecule has 0 unspecified atom stereocenters. The van der Waals surface area contributed by atoms with Gasteiger partial charge in [-0.25, -0.2) is 4.98 Å². The maximum Gasteiger partial charge on any atom is 0.0794 e. The molecule has 0 fully saturated rings. The fraction of sp³-hybridized carbons (Fsp3) is 0. The summed E-state index contributed by atoms with van der Waals surface area (Å²) in [5.74, 6) is 0. The van der Waals surface area contributed by atoms with E-state index in [-0.39, 0.29) is 0 Å². The molecule has 0 saturated heterocycles. The Morgan fingerprint density at radius 2 is 0.686 bits per heavy atom. The highest BCUT2D eigenvalue weighted by molar-refractivity contribution is 6.33. The van der Waals surface area contributed by atoms with Gasteiger partial charge in [0, 0.05) is 54.6 Å². The van der Waals surface area contributed by atoms with Crippen LogP contribution < -0.4 is 0 Å². The highest BCUT2D eigenvalue weighted by Gasteiger charge is 2.20. The minimum atomic E-state index is 0.998. The Bertz CT molecular complexity index is 4620. The monoisotopic (exact) mass is 887 g/mol. The van der Waals surface area contributed by atoms with E-state index in [1.807, 2.05) is 0 Å². The van der Waals surface area contributed by atoms with Crippen molar-refractivity contribution in [3.8, 4) is 44.9 Å². The van der Waals surface area contributed by atoms with Crippen LogP contribution in [0.15, 0.2) is 249 Å². The maximum absolute atomic E-state index is 5.45. The van der Waals surface area contributed by atoms with Crippen LogP contribution in [0.4, 0.5) is 0 Å². The van der Waals surface area contributed by atoms with Gasteiger partial charge in [0.25, 0.3) is 0 Å². The fourth-order valence-corrected chi connectivity index (χ4v) is 11.7. The van der Waals surface area contributed by atoms with Crippen molar-refractivity contribution in [2.24, 2.45) is 0 Å². The average Bonchev–Trinajstić information content (AvgIpc) is 3.95. The Morgan fingerprint density at radius 1 is 0.257 bits per heavy atom. The number of benzene rings is 12. The first-order valence-corrected chi connectivity index (χ1v) is 24.1. The Balaban J connectivity index is 0.874. The van der Waals surface area contributed by atoms with Gasteiger partial charge in [0.15, 0.2) is 0 Å². The second-order valence-corrected chi connectivity index (χ2v) is 18.6. The number of rotatable bonds is 5.